The first-order valence-electron chi connectivity index (χ1n) is 9.54. The van der Waals surface area contributed by atoms with Crippen molar-refractivity contribution in [2.45, 2.75) is 25.3 Å². The molecule has 28 heavy (non-hydrogen) atoms. The van der Waals surface area contributed by atoms with E-state index in [0.717, 1.165) is 11.1 Å². The number of aromatic nitrogens is 2. The van der Waals surface area contributed by atoms with Gasteiger partial charge in [0.25, 0.3) is 0 Å². The van der Waals surface area contributed by atoms with Gasteiger partial charge in [0.05, 0.1) is 6.20 Å². The van der Waals surface area contributed by atoms with Crippen LogP contribution in [0.15, 0.2) is 67.0 Å². The molecule has 0 fully saturated rings. The Kier molecular flexibility index (Phi) is 5.06. The Bertz CT molecular complexity index is 994. The minimum absolute atomic E-state index is 0.00942. The topological polar surface area (TPSA) is 55.2 Å². The number of hydrogen-bond donors (Lipinski definition) is 0. The first-order chi connectivity index (χ1) is 13.6. The number of carbonyl (C=O) groups excluding carboxylic acids is 2. The molecule has 2 heterocycles. The van der Waals surface area contributed by atoms with Crippen molar-refractivity contribution in [3.8, 4) is 0 Å². The van der Waals surface area contributed by atoms with Crippen LogP contribution in [-0.2, 0) is 18.4 Å². The Morgan fingerprint density at radius 2 is 1.79 bits per heavy atom. The highest BCUT2D eigenvalue weighted by molar-refractivity contribution is 5.97. The lowest BCUT2D eigenvalue weighted by Crippen LogP contribution is -2.38. The molecule has 1 amide bonds. The Labute approximate surface area is 164 Å². The molecule has 0 saturated heterocycles. The normalized spacial score (nSPS) is 15.9. The highest BCUT2D eigenvalue weighted by atomic mass is 16.2. The van der Waals surface area contributed by atoms with Crippen LogP contribution < -0.4 is 0 Å². The summed E-state index contributed by atoms with van der Waals surface area (Å²) in [6.45, 7) is 1.20. The lowest BCUT2D eigenvalue weighted by molar-refractivity contribution is -0.132. The molecule has 3 aromatic rings. The fraction of sp³-hybridized carbons (Fsp3) is 0.261. The van der Waals surface area contributed by atoms with Crippen molar-refractivity contribution in [3.63, 3.8) is 0 Å². The van der Waals surface area contributed by atoms with Crippen LogP contribution in [0.2, 0.25) is 0 Å². The summed E-state index contributed by atoms with van der Waals surface area (Å²) < 4.78 is 1.79. The molecule has 1 atom stereocenters. The van der Waals surface area contributed by atoms with Crippen LogP contribution in [-0.4, -0.2) is 32.9 Å². The van der Waals surface area contributed by atoms with Gasteiger partial charge in [-0.1, -0.05) is 54.6 Å². The minimum Gasteiger partial charge on any atom is -0.337 e. The fourth-order valence-electron chi connectivity index (χ4n) is 3.85. The van der Waals surface area contributed by atoms with E-state index in [1.807, 2.05) is 54.7 Å². The van der Waals surface area contributed by atoms with Crippen LogP contribution in [0.4, 0.5) is 0 Å². The molecule has 1 aromatic heterocycles. The van der Waals surface area contributed by atoms with Crippen molar-refractivity contribution in [3.05, 3.63) is 89.2 Å². The number of hydrogen-bond acceptors (Lipinski definition) is 3. The zero-order chi connectivity index (χ0) is 19.5. The molecule has 142 valence electrons. The third-order valence-corrected chi connectivity index (χ3v) is 5.34. The van der Waals surface area contributed by atoms with Crippen LogP contribution in [0.25, 0.3) is 0 Å². The van der Waals surface area contributed by atoms with E-state index < -0.39 is 0 Å². The number of rotatable bonds is 5. The highest BCUT2D eigenvalue weighted by Crippen LogP contribution is 2.33. The number of benzene rings is 2. The van der Waals surface area contributed by atoms with Crippen LogP contribution in [0.1, 0.15) is 45.8 Å². The molecule has 0 bridgehead atoms. The van der Waals surface area contributed by atoms with Gasteiger partial charge in [0.2, 0.25) is 5.91 Å². The van der Waals surface area contributed by atoms with Gasteiger partial charge in [0, 0.05) is 50.7 Å². The van der Waals surface area contributed by atoms with E-state index in [-0.39, 0.29) is 30.4 Å². The molecule has 0 radical (unpaired) electrons. The summed E-state index contributed by atoms with van der Waals surface area (Å²) in [5.74, 6) is 0.135. The molecular weight excluding hydrogens is 350 g/mol. The predicted molar refractivity (Wildman–Crippen MR) is 107 cm³/mol. The summed E-state index contributed by atoms with van der Waals surface area (Å²) >= 11 is 0. The molecule has 5 nitrogen and oxygen atoms in total. The standard InChI is InChI=1S/C23H23N3O2/c1-25-14-19(13-24-25)21-16-26(15-18-9-5-6-10-20(18)21)23(28)12-11-22(27)17-7-3-2-4-8-17/h2-10,13-14,21H,11-12,15-16H2,1H3. The largest absolute Gasteiger partial charge is 0.337 e. The molecule has 0 aliphatic carbocycles. The van der Waals surface area contributed by atoms with Crippen molar-refractivity contribution < 1.29 is 9.59 Å². The molecular formula is C23H23N3O2. The van der Waals surface area contributed by atoms with Gasteiger partial charge in [0.1, 0.15) is 0 Å². The van der Waals surface area contributed by atoms with E-state index in [4.69, 9.17) is 0 Å². The van der Waals surface area contributed by atoms with E-state index in [1.54, 1.807) is 16.8 Å². The van der Waals surface area contributed by atoms with E-state index in [9.17, 15) is 9.59 Å². The van der Waals surface area contributed by atoms with Gasteiger partial charge in [0.15, 0.2) is 5.78 Å². The van der Waals surface area contributed by atoms with Crippen molar-refractivity contribution in [2.24, 2.45) is 7.05 Å². The smallest absolute Gasteiger partial charge is 0.223 e. The third kappa shape index (κ3) is 3.74. The SMILES string of the molecule is Cn1cc(C2CN(C(=O)CCC(=O)c3ccccc3)Cc3ccccc32)cn1. The van der Waals surface area contributed by atoms with Crippen LogP contribution in [0, 0.1) is 0 Å². The molecule has 5 heteroatoms. The number of Topliss-reactive ketones (excluding diaryl/α,β-unsaturated/α-hetero) is 1. The maximum atomic E-state index is 12.9. The van der Waals surface area contributed by atoms with Gasteiger partial charge in [-0.15, -0.1) is 0 Å². The number of fused-ring (bicyclic) bond motifs is 1. The van der Waals surface area contributed by atoms with Crippen molar-refractivity contribution in [1.29, 1.82) is 0 Å². The van der Waals surface area contributed by atoms with Gasteiger partial charge >= 0.3 is 0 Å². The Balaban J connectivity index is 1.49. The van der Waals surface area contributed by atoms with E-state index in [0.29, 0.717) is 18.7 Å². The van der Waals surface area contributed by atoms with Gasteiger partial charge in [-0.05, 0) is 16.7 Å². The summed E-state index contributed by atoms with van der Waals surface area (Å²) in [7, 11) is 1.90. The summed E-state index contributed by atoms with van der Waals surface area (Å²) in [6.07, 6.45) is 4.34. The number of carbonyl (C=O) groups is 2. The zero-order valence-corrected chi connectivity index (χ0v) is 15.9. The maximum Gasteiger partial charge on any atom is 0.223 e. The van der Waals surface area contributed by atoms with Gasteiger partial charge in [-0.2, -0.15) is 5.10 Å². The number of ketones is 1. The number of nitrogens with zero attached hydrogens (tertiary/aromatic N) is 3. The molecule has 0 spiro atoms. The molecule has 1 unspecified atom stereocenters. The molecule has 1 aliphatic heterocycles. The van der Waals surface area contributed by atoms with Crippen molar-refractivity contribution in [2.75, 3.05) is 6.54 Å². The molecule has 2 aromatic carbocycles. The van der Waals surface area contributed by atoms with Gasteiger partial charge < -0.3 is 4.90 Å². The van der Waals surface area contributed by atoms with Crippen LogP contribution in [0.5, 0.6) is 0 Å². The summed E-state index contributed by atoms with van der Waals surface area (Å²) in [6, 6.07) is 17.4. The maximum absolute atomic E-state index is 12.9. The summed E-state index contributed by atoms with van der Waals surface area (Å²) in [5, 5.41) is 4.30. The first kappa shape index (κ1) is 18.2. The second kappa shape index (κ2) is 7.80. The zero-order valence-electron chi connectivity index (χ0n) is 15.9. The van der Waals surface area contributed by atoms with Crippen LogP contribution >= 0.6 is 0 Å². The lowest BCUT2D eigenvalue weighted by Gasteiger charge is -2.34. The average Bonchev–Trinajstić information content (AvgIpc) is 3.17. The first-order valence-corrected chi connectivity index (χ1v) is 9.54. The molecule has 4 rings (SSSR count). The van der Waals surface area contributed by atoms with E-state index in [1.165, 1.54) is 5.56 Å². The second-order valence-corrected chi connectivity index (χ2v) is 7.26. The van der Waals surface area contributed by atoms with Crippen LogP contribution in [0.3, 0.4) is 0 Å². The molecule has 1 aliphatic rings. The Hall–Kier alpha value is -3.21. The molecule has 0 N–H and O–H groups in total. The number of aryl methyl sites for hydroxylation is 1. The third-order valence-electron chi connectivity index (χ3n) is 5.34. The van der Waals surface area contributed by atoms with E-state index in [2.05, 4.69) is 17.2 Å². The summed E-state index contributed by atoms with van der Waals surface area (Å²) in [4.78, 5) is 27.1. The molecule has 0 saturated carbocycles. The number of amides is 1. The second-order valence-electron chi connectivity index (χ2n) is 7.26. The van der Waals surface area contributed by atoms with E-state index >= 15 is 0 Å². The van der Waals surface area contributed by atoms with Gasteiger partial charge in [-0.25, -0.2) is 0 Å². The summed E-state index contributed by atoms with van der Waals surface area (Å²) in [5.41, 5.74) is 4.17. The minimum atomic E-state index is 0.00942. The fourth-order valence-corrected chi connectivity index (χ4v) is 3.85. The van der Waals surface area contributed by atoms with Crippen molar-refractivity contribution in [1.82, 2.24) is 14.7 Å². The Morgan fingerprint density at radius 3 is 2.54 bits per heavy atom. The lowest BCUT2D eigenvalue weighted by atomic mass is 9.86. The quantitative estimate of drug-likeness (QED) is 0.643. The van der Waals surface area contributed by atoms with Crippen molar-refractivity contribution >= 4 is 11.7 Å². The monoisotopic (exact) mass is 373 g/mol. The predicted octanol–water partition coefficient (Wildman–Crippen LogP) is 3.56. The Morgan fingerprint density at radius 1 is 1.04 bits per heavy atom. The highest BCUT2D eigenvalue weighted by Gasteiger charge is 2.29. The van der Waals surface area contributed by atoms with Gasteiger partial charge in [-0.3, -0.25) is 14.3 Å². The average molecular weight is 373 g/mol.